The number of halogens is 2. The van der Waals surface area contributed by atoms with Crippen LogP contribution in [0.25, 0.3) is 17.1 Å². The zero-order valence-corrected chi connectivity index (χ0v) is 20.1. The monoisotopic (exact) mass is 497 g/mol. The lowest BCUT2D eigenvalue weighted by Gasteiger charge is -2.14. The highest BCUT2D eigenvalue weighted by Crippen LogP contribution is 2.32. The predicted octanol–water partition coefficient (Wildman–Crippen LogP) is 5.48. The van der Waals surface area contributed by atoms with Gasteiger partial charge >= 0.3 is 0 Å². The molecule has 0 spiro atoms. The molecule has 0 saturated carbocycles. The first-order valence-corrected chi connectivity index (χ1v) is 12.0. The molecule has 1 atom stereocenters. The SMILES string of the molecule is CC(Sc1nnc(-c2cccnc2)n1-c1ccc(Cl)c(Cl)c1)C(=O)NCCc1ccccc1. The van der Waals surface area contributed by atoms with Gasteiger partial charge in [0.05, 0.1) is 21.0 Å². The van der Waals surface area contributed by atoms with Gasteiger partial charge in [-0.1, -0.05) is 65.3 Å². The van der Waals surface area contributed by atoms with Crippen molar-refractivity contribution in [1.82, 2.24) is 25.1 Å². The number of aromatic nitrogens is 4. The summed E-state index contributed by atoms with van der Waals surface area (Å²) in [6, 6.07) is 19.1. The minimum atomic E-state index is -0.381. The van der Waals surface area contributed by atoms with Crippen molar-refractivity contribution < 1.29 is 4.79 Å². The Balaban J connectivity index is 1.55. The number of nitrogens with zero attached hydrogens (tertiary/aromatic N) is 4. The van der Waals surface area contributed by atoms with E-state index in [1.54, 1.807) is 24.5 Å². The van der Waals surface area contributed by atoms with Crippen LogP contribution in [0, 0.1) is 0 Å². The van der Waals surface area contributed by atoms with Crippen LogP contribution in [0.15, 0.2) is 78.2 Å². The lowest BCUT2D eigenvalue weighted by molar-refractivity contribution is -0.120. The van der Waals surface area contributed by atoms with Crippen molar-refractivity contribution in [1.29, 1.82) is 0 Å². The van der Waals surface area contributed by atoms with Gasteiger partial charge in [-0.3, -0.25) is 14.3 Å². The second-order valence-corrected chi connectivity index (χ2v) is 9.39. The summed E-state index contributed by atoms with van der Waals surface area (Å²) >= 11 is 13.7. The second kappa shape index (κ2) is 10.8. The first-order valence-electron chi connectivity index (χ1n) is 10.3. The number of hydrogen-bond acceptors (Lipinski definition) is 5. The molecule has 0 radical (unpaired) electrons. The quantitative estimate of drug-likeness (QED) is 0.326. The van der Waals surface area contributed by atoms with Crippen LogP contribution >= 0.6 is 35.0 Å². The first-order chi connectivity index (χ1) is 16.0. The Morgan fingerprint density at radius 3 is 2.61 bits per heavy atom. The van der Waals surface area contributed by atoms with Crippen molar-refractivity contribution in [3.8, 4) is 17.1 Å². The molecular weight excluding hydrogens is 477 g/mol. The van der Waals surface area contributed by atoms with E-state index in [1.165, 1.54) is 17.3 Å². The molecule has 1 N–H and O–H groups in total. The topological polar surface area (TPSA) is 72.7 Å². The number of pyridine rings is 1. The lowest BCUT2D eigenvalue weighted by Crippen LogP contribution is -2.32. The summed E-state index contributed by atoms with van der Waals surface area (Å²) in [4.78, 5) is 16.9. The fourth-order valence-electron chi connectivity index (χ4n) is 3.22. The highest BCUT2D eigenvalue weighted by Gasteiger charge is 2.22. The summed E-state index contributed by atoms with van der Waals surface area (Å²) in [6.45, 7) is 2.41. The van der Waals surface area contributed by atoms with E-state index in [2.05, 4.69) is 20.5 Å². The van der Waals surface area contributed by atoms with Crippen LogP contribution in [0.3, 0.4) is 0 Å². The summed E-state index contributed by atoms with van der Waals surface area (Å²) in [7, 11) is 0. The Morgan fingerprint density at radius 2 is 1.88 bits per heavy atom. The molecule has 0 aliphatic rings. The summed E-state index contributed by atoms with van der Waals surface area (Å²) in [5, 5.41) is 12.8. The molecular formula is C24H21Cl2N5OS. The van der Waals surface area contributed by atoms with Crippen LogP contribution < -0.4 is 5.32 Å². The maximum absolute atomic E-state index is 12.7. The number of hydrogen-bond donors (Lipinski definition) is 1. The second-order valence-electron chi connectivity index (χ2n) is 7.27. The highest BCUT2D eigenvalue weighted by atomic mass is 35.5. The van der Waals surface area contributed by atoms with Gasteiger partial charge in [0, 0.05) is 24.5 Å². The van der Waals surface area contributed by atoms with Crippen molar-refractivity contribution in [3.05, 3.63) is 88.7 Å². The fourth-order valence-corrected chi connectivity index (χ4v) is 4.40. The number of nitrogens with one attached hydrogen (secondary N) is 1. The standard InChI is InChI=1S/C24H21Cl2N5OS/c1-16(23(32)28-13-11-17-6-3-2-4-7-17)33-24-30-29-22(18-8-5-12-27-15-18)31(24)19-9-10-20(25)21(26)14-19/h2-10,12,14-16H,11,13H2,1H3,(H,28,32). The van der Waals surface area contributed by atoms with E-state index in [4.69, 9.17) is 23.2 Å². The molecule has 4 aromatic rings. The first kappa shape index (κ1) is 23.3. The molecule has 0 saturated heterocycles. The van der Waals surface area contributed by atoms with Gasteiger partial charge in [0.25, 0.3) is 0 Å². The van der Waals surface area contributed by atoms with E-state index >= 15 is 0 Å². The third kappa shape index (κ3) is 5.74. The predicted molar refractivity (Wildman–Crippen MR) is 133 cm³/mol. The Hall–Kier alpha value is -2.87. The normalized spacial score (nSPS) is 11.8. The molecule has 2 aromatic carbocycles. The highest BCUT2D eigenvalue weighted by molar-refractivity contribution is 8.00. The summed E-state index contributed by atoms with van der Waals surface area (Å²) < 4.78 is 1.86. The Labute approximate surface area is 206 Å². The van der Waals surface area contributed by atoms with Gasteiger partial charge in [-0.15, -0.1) is 10.2 Å². The molecule has 0 bridgehead atoms. The molecule has 6 nitrogen and oxygen atoms in total. The number of rotatable bonds is 8. The maximum atomic E-state index is 12.7. The largest absolute Gasteiger partial charge is 0.355 e. The number of amides is 1. The van der Waals surface area contributed by atoms with Gasteiger partial charge in [0.15, 0.2) is 11.0 Å². The van der Waals surface area contributed by atoms with Crippen molar-refractivity contribution in [2.75, 3.05) is 6.54 Å². The molecule has 1 unspecified atom stereocenters. The third-order valence-electron chi connectivity index (χ3n) is 4.92. The fraction of sp³-hybridized carbons (Fsp3) is 0.167. The van der Waals surface area contributed by atoms with Crippen molar-refractivity contribution in [2.45, 2.75) is 23.8 Å². The Kier molecular flexibility index (Phi) is 7.65. The average Bonchev–Trinajstić information content (AvgIpc) is 3.25. The van der Waals surface area contributed by atoms with Crippen LogP contribution in [0.5, 0.6) is 0 Å². The van der Waals surface area contributed by atoms with E-state index in [0.29, 0.717) is 27.6 Å². The van der Waals surface area contributed by atoms with Crippen molar-refractivity contribution >= 4 is 40.9 Å². The van der Waals surface area contributed by atoms with Crippen LogP contribution in [-0.4, -0.2) is 37.5 Å². The van der Waals surface area contributed by atoms with E-state index in [0.717, 1.165) is 17.7 Å². The number of benzene rings is 2. The zero-order chi connectivity index (χ0) is 23.2. The maximum Gasteiger partial charge on any atom is 0.233 e. The molecule has 33 heavy (non-hydrogen) atoms. The molecule has 2 aromatic heterocycles. The van der Waals surface area contributed by atoms with Gasteiger partial charge in [0.2, 0.25) is 5.91 Å². The van der Waals surface area contributed by atoms with Gasteiger partial charge in [-0.2, -0.15) is 0 Å². The summed E-state index contributed by atoms with van der Waals surface area (Å²) in [5.74, 6) is 0.531. The van der Waals surface area contributed by atoms with Crippen LogP contribution in [0.1, 0.15) is 12.5 Å². The zero-order valence-electron chi connectivity index (χ0n) is 17.8. The van der Waals surface area contributed by atoms with Gasteiger partial charge < -0.3 is 5.32 Å². The molecule has 168 valence electrons. The third-order valence-corrected chi connectivity index (χ3v) is 6.70. The van der Waals surface area contributed by atoms with Crippen LogP contribution in [0.2, 0.25) is 10.0 Å². The number of thioether (sulfide) groups is 1. The minimum absolute atomic E-state index is 0.0671. The van der Waals surface area contributed by atoms with E-state index < -0.39 is 0 Å². The Morgan fingerprint density at radius 1 is 1.06 bits per heavy atom. The summed E-state index contributed by atoms with van der Waals surface area (Å²) in [6.07, 6.45) is 4.18. The number of carbonyl (C=O) groups excluding carboxylic acids is 1. The van der Waals surface area contributed by atoms with Gasteiger partial charge in [-0.25, -0.2) is 0 Å². The van der Waals surface area contributed by atoms with Gasteiger partial charge in [0.1, 0.15) is 0 Å². The van der Waals surface area contributed by atoms with E-state index in [1.807, 2.05) is 60.0 Å². The van der Waals surface area contributed by atoms with Crippen molar-refractivity contribution in [3.63, 3.8) is 0 Å². The van der Waals surface area contributed by atoms with Gasteiger partial charge in [-0.05, 0) is 49.2 Å². The molecule has 2 heterocycles. The number of carbonyl (C=O) groups is 1. The molecule has 1 amide bonds. The smallest absolute Gasteiger partial charge is 0.233 e. The van der Waals surface area contributed by atoms with E-state index in [-0.39, 0.29) is 11.2 Å². The minimum Gasteiger partial charge on any atom is -0.355 e. The molecule has 4 rings (SSSR count). The molecule has 9 heteroatoms. The molecule has 0 fully saturated rings. The lowest BCUT2D eigenvalue weighted by atomic mass is 10.1. The molecule has 0 aliphatic heterocycles. The van der Waals surface area contributed by atoms with Crippen molar-refractivity contribution in [2.24, 2.45) is 0 Å². The van der Waals surface area contributed by atoms with E-state index in [9.17, 15) is 4.79 Å². The molecule has 0 aliphatic carbocycles. The van der Waals surface area contributed by atoms with Crippen LogP contribution in [0.4, 0.5) is 0 Å². The summed E-state index contributed by atoms with van der Waals surface area (Å²) in [5.41, 5.74) is 2.72. The van der Waals surface area contributed by atoms with Crippen LogP contribution in [-0.2, 0) is 11.2 Å². The average molecular weight is 498 g/mol. The Bertz CT molecular complexity index is 1230.